The Kier molecular flexibility index (Phi) is 4.54. The van der Waals surface area contributed by atoms with Crippen LogP contribution in [0.5, 0.6) is 0 Å². The Morgan fingerprint density at radius 3 is 2.30 bits per heavy atom. The van der Waals surface area contributed by atoms with E-state index in [-0.39, 0.29) is 16.9 Å². The molecule has 0 bridgehead atoms. The second kappa shape index (κ2) is 6.39. The number of amides is 3. The Balaban J connectivity index is 2.13. The predicted molar refractivity (Wildman–Crippen MR) is 79.0 cm³/mol. The van der Waals surface area contributed by atoms with Crippen molar-refractivity contribution in [1.82, 2.24) is 0 Å². The highest BCUT2D eigenvalue weighted by Crippen LogP contribution is 2.30. The molecule has 0 fully saturated rings. The van der Waals surface area contributed by atoms with Gasteiger partial charge in [0.25, 0.3) is 5.91 Å². The number of hydrogen-bond acceptors (Lipinski definition) is 2. The van der Waals surface area contributed by atoms with Crippen LogP contribution >= 0.6 is 0 Å². The van der Waals surface area contributed by atoms with Gasteiger partial charge in [-0.05, 0) is 30.3 Å². The number of rotatable bonds is 3. The molecule has 0 unspecified atom stereocenters. The van der Waals surface area contributed by atoms with Crippen LogP contribution in [0.1, 0.15) is 15.9 Å². The quantitative estimate of drug-likeness (QED) is 0.808. The lowest BCUT2D eigenvalue weighted by atomic mass is 10.1. The second-order valence-corrected chi connectivity index (χ2v) is 4.57. The summed E-state index contributed by atoms with van der Waals surface area (Å²) in [5, 5.41) is 4.63. The lowest BCUT2D eigenvalue weighted by molar-refractivity contribution is -0.137. The average Bonchev–Trinajstić information content (AvgIpc) is 2.46. The average molecular weight is 323 g/mol. The number of primary amides is 1. The molecular formula is C15H12F3N3O2. The van der Waals surface area contributed by atoms with Gasteiger partial charge >= 0.3 is 12.2 Å². The van der Waals surface area contributed by atoms with E-state index in [4.69, 9.17) is 5.73 Å². The van der Waals surface area contributed by atoms with Gasteiger partial charge in [0.15, 0.2) is 0 Å². The van der Waals surface area contributed by atoms with Crippen LogP contribution in [0, 0.1) is 0 Å². The highest BCUT2D eigenvalue weighted by molar-refractivity contribution is 6.06. The van der Waals surface area contributed by atoms with Crippen LogP contribution in [0.4, 0.5) is 29.3 Å². The normalized spacial score (nSPS) is 10.9. The van der Waals surface area contributed by atoms with Gasteiger partial charge in [0.2, 0.25) is 0 Å². The van der Waals surface area contributed by atoms with Crippen molar-refractivity contribution in [2.45, 2.75) is 6.18 Å². The number of nitrogens with two attached hydrogens (primary N) is 1. The first-order valence-corrected chi connectivity index (χ1v) is 6.41. The number of urea groups is 1. The highest BCUT2D eigenvalue weighted by Gasteiger charge is 2.30. The van der Waals surface area contributed by atoms with E-state index >= 15 is 0 Å². The molecule has 0 aromatic heterocycles. The van der Waals surface area contributed by atoms with Crippen LogP contribution in [0.15, 0.2) is 48.5 Å². The topological polar surface area (TPSA) is 84.2 Å². The Morgan fingerprint density at radius 2 is 1.65 bits per heavy atom. The van der Waals surface area contributed by atoms with E-state index in [0.717, 1.165) is 12.1 Å². The fraction of sp³-hybridized carbons (Fsp3) is 0.0667. The zero-order valence-electron chi connectivity index (χ0n) is 11.6. The van der Waals surface area contributed by atoms with Crippen LogP contribution in [0.25, 0.3) is 0 Å². The maximum atomic E-state index is 12.6. The number of halogens is 3. The third-order valence-corrected chi connectivity index (χ3v) is 2.89. The summed E-state index contributed by atoms with van der Waals surface area (Å²) in [6, 6.07) is 9.41. The molecule has 0 saturated carbocycles. The van der Waals surface area contributed by atoms with Gasteiger partial charge in [0.1, 0.15) is 0 Å². The molecule has 0 aliphatic carbocycles. The van der Waals surface area contributed by atoms with Crippen molar-refractivity contribution < 1.29 is 22.8 Å². The van der Waals surface area contributed by atoms with Crippen LogP contribution in [0.3, 0.4) is 0 Å². The molecule has 5 nitrogen and oxygen atoms in total. The van der Waals surface area contributed by atoms with Crippen molar-refractivity contribution in [3.63, 3.8) is 0 Å². The van der Waals surface area contributed by atoms with Crippen LogP contribution in [-0.4, -0.2) is 11.9 Å². The number of nitrogens with one attached hydrogen (secondary N) is 2. The molecule has 4 N–H and O–H groups in total. The minimum Gasteiger partial charge on any atom is -0.366 e. The SMILES string of the molecule is NC(=O)c1ccccc1NC(=O)Nc1cccc(C(F)(F)F)c1. The summed E-state index contributed by atoms with van der Waals surface area (Å²) in [6.45, 7) is 0. The molecule has 0 spiro atoms. The minimum absolute atomic E-state index is 0.0334. The number of alkyl halides is 3. The summed E-state index contributed by atoms with van der Waals surface area (Å²) in [4.78, 5) is 23.1. The lowest BCUT2D eigenvalue weighted by Crippen LogP contribution is -2.22. The van der Waals surface area contributed by atoms with Gasteiger partial charge in [0.05, 0.1) is 16.8 Å². The molecule has 0 radical (unpaired) electrons. The van der Waals surface area contributed by atoms with E-state index in [2.05, 4.69) is 10.6 Å². The summed E-state index contributed by atoms with van der Waals surface area (Å²) in [5.41, 5.74) is 4.51. The highest BCUT2D eigenvalue weighted by atomic mass is 19.4. The molecule has 120 valence electrons. The molecule has 3 amide bonds. The fourth-order valence-corrected chi connectivity index (χ4v) is 1.86. The maximum Gasteiger partial charge on any atom is 0.416 e. The summed E-state index contributed by atoms with van der Waals surface area (Å²) in [5.74, 6) is -0.736. The van der Waals surface area contributed by atoms with E-state index in [1.807, 2.05) is 0 Å². The Hall–Kier alpha value is -3.03. The van der Waals surface area contributed by atoms with E-state index in [1.54, 1.807) is 12.1 Å². The van der Waals surface area contributed by atoms with Crippen molar-refractivity contribution in [2.24, 2.45) is 5.73 Å². The Bertz CT molecular complexity index is 745. The monoisotopic (exact) mass is 323 g/mol. The molecule has 8 heteroatoms. The smallest absolute Gasteiger partial charge is 0.366 e. The van der Waals surface area contributed by atoms with Crippen molar-refractivity contribution >= 4 is 23.3 Å². The number of carbonyl (C=O) groups excluding carboxylic acids is 2. The summed E-state index contributed by atoms with van der Waals surface area (Å²) >= 11 is 0. The summed E-state index contributed by atoms with van der Waals surface area (Å²) in [7, 11) is 0. The van der Waals surface area contributed by atoms with Crippen molar-refractivity contribution in [2.75, 3.05) is 10.6 Å². The number of anilines is 2. The Labute approximate surface area is 129 Å². The molecule has 0 heterocycles. The third kappa shape index (κ3) is 4.22. The molecule has 2 aromatic rings. The number of para-hydroxylation sites is 1. The van der Waals surface area contributed by atoms with E-state index in [0.29, 0.717) is 0 Å². The van der Waals surface area contributed by atoms with Gasteiger partial charge in [0, 0.05) is 5.69 Å². The van der Waals surface area contributed by atoms with Gasteiger partial charge < -0.3 is 16.4 Å². The van der Waals surface area contributed by atoms with E-state index in [1.165, 1.54) is 24.3 Å². The fourth-order valence-electron chi connectivity index (χ4n) is 1.86. The molecule has 0 atom stereocenters. The van der Waals surface area contributed by atoms with Crippen LogP contribution < -0.4 is 16.4 Å². The lowest BCUT2D eigenvalue weighted by Gasteiger charge is -2.12. The first-order chi connectivity index (χ1) is 10.8. The third-order valence-electron chi connectivity index (χ3n) is 2.89. The standard InChI is InChI=1S/C15H12F3N3O2/c16-15(17,18)9-4-3-5-10(8-9)20-14(23)21-12-7-2-1-6-11(12)13(19)22/h1-8H,(H2,19,22)(H2,20,21,23). The van der Waals surface area contributed by atoms with Crippen molar-refractivity contribution in [3.05, 3.63) is 59.7 Å². The molecule has 0 aliphatic rings. The second-order valence-electron chi connectivity index (χ2n) is 4.57. The van der Waals surface area contributed by atoms with Gasteiger partial charge in [-0.2, -0.15) is 13.2 Å². The molecule has 0 saturated heterocycles. The molecular weight excluding hydrogens is 311 g/mol. The molecule has 23 heavy (non-hydrogen) atoms. The first-order valence-electron chi connectivity index (χ1n) is 6.41. The van der Waals surface area contributed by atoms with Crippen LogP contribution in [0.2, 0.25) is 0 Å². The van der Waals surface area contributed by atoms with E-state index in [9.17, 15) is 22.8 Å². The van der Waals surface area contributed by atoms with Crippen molar-refractivity contribution in [3.8, 4) is 0 Å². The molecule has 0 aliphatic heterocycles. The number of benzene rings is 2. The van der Waals surface area contributed by atoms with Crippen LogP contribution in [-0.2, 0) is 6.18 Å². The number of carbonyl (C=O) groups is 2. The minimum atomic E-state index is -4.51. The van der Waals surface area contributed by atoms with Crippen molar-refractivity contribution in [1.29, 1.82) is 0 Å². The van der Waals surface area contributed by atoms with Gasteiger partial charge in [-0.3, -0.25) is 4.79 Å². The largest absolute Gasteiger partial charge is 0.416 e. The molecule has 2 aromatic carbocycles. The van der Waals surface area contributed by atoms with E-state index < -0.39 is 23.7 Å². The number of hydrogen-bond donors (Lipinski definition) is 3. The van der Waals surface area contributed by atoms with Gasteiger partial charge in [-0.15, -0.1) is 0 Å². The zero-order valence-corrected chi connectivity index (χ0v) is 11.6. The maximum absolute atomic E-state index is 12.6. The predicted octanol–water partition coefficient (Wildman–Crippen LogP) is 3.45. The summed E-state index contributed by atoms with van der Waals surface area (Å²) < 4.78 is 37.8. The summed E-state index contributed by atoms with van der Waals surface area (Å²) in [6.07, 6.45) is -4.51. The Morgan fingerprint density at radius 1 is 0.957 bits per heavy atom. The van der Waals surface area contributed by atoms with Gasteiger partial charge in [-0.25, -0.2) is 4.79 Å². The molecule has 2 rings (SSSR count). The first kappa shape index (κ1) is 16.3. The zero-order chi connectivity index (χ0) is 17.0. The van der Waals surface area contributed by atoms with Gasteiger partial charge in [-0.1, -0.05) is 18.2 Å².